The molecule has 1 fully saturated rings. The third kappa shape index (κ3) is 2.58. The number of hydrogen-bond acceptors (Lipinski definition) is 2. The minimum absolute atomic E-state index is 0.293. The van der Waals surface area contributed by atoms with Crippen molar-refractivity contribution < 1.29 is 4.79 Å². The average Bonchev–Trinajstić information content (AvgIpc) is 2.17. The number of likely N-dealkylation sites (tertiary alicyclic amines) is 1. The summed E-state index contributed by atoms with van der Waals surface area (Å²) in [6.45, 7) is 9.61. The first-order valence-electron chi connectivity index (χ1n) is 4.88. The number of ketones is 1. The van der Waals surface area contributed by atoms with E-state index in [1.807, 2.05) is 13.0 Å². The Hall–Kier alpha value is -0.790. The Balaban J connectivity index is 2.43. The molecule has 0 atom stereocenters. The van der Waals surface area contributed by atoms with E-state index in [2.05, 4.69) is 11.8 Å². The van der Waals surface area contributed by atoms with E-state index in [-0.39, 0.29) is 0 Å². The average molecular weight is 180 g/mol. The Labute approximate surface area is 80.6 Å². The summed E-state index contributed by atoms with van der Waals surface area (Å²) in [5.74, 6) is 0.631. The maximum atomic E-state index is 11.1. The number of hydrogen-bond donors (Lipinski definition) is 0. The first-order chi connectivity index (χ1) is 6.15. The van der Waals surface area contributed by atoms with Gasteiger partial charge in [0, 0.05) is 24.7 Å². The Morgan fingerprint density at radius 2 is 2.00 bits per heavy atom. The minimum atomic E-state index is 0.293. The monoisotopic (exact) mass is 180 g/mol. The molecule has 1 aliphatic rings. The fourth-order valence-electron chi connectivity index (χ4n) is 1.76. The Morgan fingerprint density at radius 1 is 1.46 bits per heavy atom. The van der Waals surface area contributed by atoms with E-state index < -0.39 is 0 Å². The van der Waals surface area contributed by atoms with Crippen LogP contribution < -0.4 is 0 Å². The smallest absolute Gasteiger partial charge is 0.133 e. The van der Waals surface area contributed by atoms with Crippen LogP contribution in [-0.4, -0.2) is 23.8 Å². The standard InChI is InChI=1S/C11H18NO/c1-4-9(2)12-7-5-11(6-8-12)10(3)13/h4,11H,2,5-8H2,1,3H3/b9-4-. The predicted molar refractivity (Wildman–Crippen MR) is 54.1 cm³/mol. The van der Waals surface area contributed by atoms with Crippen LogP contribution in [0.3, 0.4) is 0 Å². The second kappa shape index (κ2) is 4.45. The molecule has 0 bridgehead atoms. The number of carbonyl (C=O) groups excluding carboxylic acids is 1. The highest BCUT2D eigenvalue weighted by molar-refractivity contribution is 5.78. The number of allylic oxidation sites excluding steroid dienone is 2. The molecule has 1 heterocycles. The van der Waals surface area contributed by atoms with Crippen molar-refractivity contribution in [1.29, 1.82) is 0 Å². The van der Waals surface area contributed by atoms with Crippen molar-refractivity contribution in [3.8, 4) is 0 Å². The molecule has 0 amide bonds. The molecule has 0 aromatic rings. The quantitative estimate of drug-likeness (QED) is 0.648. The topological polar surface area (TPSA) is 20.3 Å². The van der Waals surface area contributed by atoms with Gasteiger partial charge in [-0.25, -0.2) is 0 Å². The lowest BCUT2D eigenvalue weighted by atomic mass is 9.93. The lowest BCUT2D eigenvalue weighted by Crippen LogP contribution is -2.34. The molecule has 13 heavy (non-hydrogen) atoms. The van der Waals surface area contributed by atoms with E-state index in [4.69, 9.17) is 0 Å². The summed E-state index contributed by atoms with van der Waals surface area (Å²) in [7, 11) is 0. The van der Waals surface area contributed by atoms with Crippen LogP contribution in [0.2, 0.25) is 0 Å². The Morgan fingerprint density at radius 3 is 2.38 bits per heavy atom. The van der Waals surface area contributed by atoms with Gasteiger partial charge in [-0.2, -0.15) is 0 Å². The zero-order valence-electron chi connectivity index (χ0n) is 8.55. The van der Waals surface area contributed by atoms with Crippen LogP contribution in [-0.2, 0) is 4.79 Å². The van der Waals surface area contributed by atoms with Gasteiger partial charge < -0.3 is 4.90 Å². The zero-order valence-corrected chi connectivity index (χ0v) is 8.55. The van der Waals surface area contributed by atoms with E-state index in [0.717, 1.165) is 31.6 Å². The molecular formula is C11H18NO. The SMILES string of the molecule is [CH2]/C(=C/C)N1CCC(C(C)=O)CC1. The molecule has 0 aliphatic carbocycles. The molecule has 0 saturated carbocycles. The number of Topliss-reactive ketones (excluding diaryl/α,β-unsaturated/α-hetero) is 1. The second-order valence-electron chi connectivity index (χ2n) is 3.65. The highest BCUT2D eigenvalue weighted by Gasteiger charge is 2.21. The molecule has 0 unspecified atom stereocenters. The maximum absolute atomic E-state index is 11.1. The molecule has 1 saturated heterocycles. The van der Waals surface area contributed by atoms with E-state index in [1.165, 1.54) is 0 Å². The molecule has 1 rings (SSSR count). The number of nitrogens with zero attached hydrogens (tertiary/aromatic N) is 1. The minimum Gasteiger partial charge on any atom is -0.375 e. The van der Waals surface area contributed by atoms with Gasteiger partial charge in [-0.1, -0.05) is 6.08 Å². The first kappa shape index (κ1) is 10.3. The van der Waals surface area contributed by atoms with E-state index in [0.29, 0.717) is 11.7 Å². The summed E-state index contributed by atoms with van der Waals surface area (Å²) in [4.78, 5) is 13.3. The van der Waals surface area contributed by atoms with Crippen LogP contribution >= 0.6 is 0 Å². The molecule has 0 aromatic heterocycles. The van der Waals surface area contributed by atoms with Gasteiger partial charge in [0.2, 0.25) is 0 Å². The summed E-state index contributed by atoms with van der Waals surface area (Å²) in [5.41, 5.74) is 1.09. The highest BCUT2D eigenvalue weighted by Crippen LogP contribution is 2.20. The van der Waals surface area contributed by atoms with Crippen LogP contribution in [0.25, 0.3) is 0 Å². The van der Waals surface area contributed by atoms with Crippen molar-refractivity contribution in [1.82, 2.24) is 4.90 Å². The fraction of sp³-hybridized carbons (Fsp3) is 0.636. The maximum Gasteiger partial charge on any atom is 0.133 e. The molecular weight excluding hydrogens is 162 g/mol. The van der Waals surface area contributed by atoms with Crippen molar-refractivity contribution in [2.45, 2.75) is 26.7 Å². The molecule has 73 valence electrons. The molecule has 2 nitrogen and oxygen atoms in total. The van der Waals surface area contributed by atoms with Crippen LogP contribution in [0, 0.1) is 12.8 Å². The zero-order chi connectivity index (χ0) is 9.84. The molecule has 1 aliphatic heterocycles. The van der Waals surface area contributed by atoms with Gasteiger partial charge in [0.25, 0.3) is 0 Å². The summed E-state index contributed by atoms with van der Waals surface area (Å²) in [5, 5.41) is 0. The molecule has 0 spiro atoms. The third-order valence-corrected chi connectivity index (χ3v) is 2.81. The number of carbonyl (C=O) groups is 1. The van der Waals surface area contributed by atoms with Gasteiger partial charge in [0.15, 0.2) is 0 Å². The lowest BCUT2D eigenvalue weighted by Gasteiger charge is -2.32. The van der Waals surface area contributed by atoms with E-state index >= 15 is 0 Å². The van der Waals surface area contributed by atoms with Gasteiger partial charge >= 0.3 is 0 Å². The van der Waals surface area contributed by atoms with Crippen molar-refractivity contribution in [3.63, 3.8) is 0 Å². The van der Waals surface area contributed by atoms with E-state index in [1.54, 1.807) is 6.92 Å². The second-order valence-corrected chi connectivity index (χ2v) is 3.65. The summed E-state index contributed by atoms with van der Waals surface area (Å²) < 4.78 is 0. The largest absolute Gasteiger partial charge is 0.375 e. The predicted octanol–water partition coefficient (Wildman–Crippen LogP) is 2.03. The van der Waals surface area contributed by atoms with Crippen LogP contribution in [0.4, 0.5) is 0 Å². The Bertz CT molecular complexity index is 212. The van der Waals surface area contributed by atoms with Gasteiger partial charge in [0.05, 0.1) is 0 Å². The van der Waals surface area contributed by atoms with Crippen molar-refractivity contribution in [3.05, 3.63) is 18.7 Å². The van der Waals surface area contributed by atoms with Crippen LogP contribution in [0.5, 0.6) is 0 Å². The lowest BCUT2D eigenvalue weighted by molar-refractivity contribution is -0.121. The van der Waals surface area contributed by atoms with Gasteiger partial charge in [-0.05, 0) is 33.6 Å². The molecule has 0 N–H and O–H groups in total. The van der Waals surface area contributed by atoms with Crippen molar-refractivity contribution >= 4 is 5.78 Å². The number of rotatable bonds is 2. The fourth-order valence-corrected chi connectivity index (χ4v) is 1.76. The van der Waals surface area contributed by atoms with Crippen LogP contribution in [0.1, 0.15) is 26.7 Å². The van der Waals surface area contributed by atoms with Crippen molar-refractivity contribution in [2.75, 3.05) is 13.1 Å². The molecule has 2 heteroatoms. The van der Waals surface area contributed by atoms with Gasteiger partial charge in [-0.3, -0.25) is 4.79 Å². The summed E-state index contributed by atoms with van der Waals surface area (Å²) in [6.07, 6.45) is 4.00. The van der Waals surface area contributed by atoms with E-state index in [9.17, 15) is 4.79 Å². The van der Waals surface area contributed by atoms with Crippen LogP contribution in [0.15, 0.2) is 11.8 Å². The normalized spacial score (nSPS) is 20.5. The molecule has 0 aromatic carbocycles. The van der Waals surface area contributed by atoms with Crippen molar-refractivity contribution in [2.24, 2.45) is 5.92 Å². The highest BCUT2D eigenvalue weighted by atomic mass is 16.1. The van der Waals surface area contributed by atoms with Gasteiger partial charge in [0.1, 0.15) is 5.78 Å². The third-order valence-electron chi connectivity index (χ3n) is 2.81. The first-order valence-corrected chi connectivity index (χ1v) is 4.88. The molecule has 1 radical (unpaired) electrons. The van der Waals surface area contributed by atoms with Gasteiger partial charge in [-0.15, -0.1) is 0 Å². The number of piperidine rings is 1. The summed E-state index contributed by atoms with van der Waals surface area (Å²) >= 11 is 0. The Kier molecular flexibility index (Phi) is 3.52. The summed E-state index contributed by atoms with van der Waals surface area (Å²) in [6, 6.07) is 0.